The molecule has 6 nitrogen and oxygen atoms in total. The van der Waals surface area contributed by atoms with Crippen LogP contribution in [-0.2, 0) is 15.0 Å². The van der Waals surface area contributed by atoms with Gasteiger partial charge in [-0.3, -0.25) is 4.79 Å². The molecule has 0 spiro atoms. The Bertz CT molecular complexity index is 689. The quantitative estimate of drug-likeness (QED) is 0.853. The summed E-state index contributed by atoms with van der Waals surface area (Å²) in [5, 5.41) is 7.68. The van der Waals surface area contributed by atoms with Gasteiger partial charge in [-0.05, 0) is 38.0 Å². The van der Waals surface area contributed by atoms with Gasteiger partial charge in [-0.25, -0.2) is 13.9 Å². The molecule has 128 valence electrons. The minimum absolute atomic E-state index is 0.0697. The molecule has 0 radical (unpaired) electrons. The fourth-order valence-corrected chi connectivity index (χ4v) is 3.35. The van der Waals surface area contributed by atoms with Gasteiger partial charge in [0.05, 0.1) is 6.04 Å². The Balaban J connectivity index is 1.96. The number of piperidine rings is 1. The topological polar surface area (TPSA) is 92.5 Å². The maximum Gasteiger partial charge on any atom is 0.276 e. The summed E-state index contributed by atoms with van der Waals surface area (Å²) in [6.07, 6.45) is 0.668. The molecule has 9 heteroatoms. The number of benzene rings is 1. The minimum atomic E-state index is -3.74. The van der Waals surface area contributed by atoms with Crippen molar-refractivity contribution in [1.82, 2.24) is 9.62 Å². The first-order chi connectivity index (χ1) is 10.7. The highest BCUT2D eigenvalue weighted by Crippen LogP contribution is 2.22. The molecule has 1 heterocycles. The van der Waals surface area contributed by atoms with E-state index in [1.807, 2.05) is 0 Å². The molecule has 1 amide bonds. The zero-order valence-electron chi connectivity index (χ0n) is 12.6. The Morgan fingerprint density at radius 2 is 1.96 bits per heavy atom. The molecule has 1 aliphatic heterocycles. The normalized spacial score (nSPS) is 18.6. The van der Waals surface area contributed by atoms with E-state index < -0.39 is 27.9 Å². The number of nitrogens with one attached hydrogen (secondary N) is 1. The fraction of sp³-hybridized carbons (Fsp3) is 0.500. The molecule has 1 fully saturated rings. The second-order valence-corrected chi connectivity index (χ2v) is 7.16. The lowest BCUT2D eigenvalue weighted by atomic mass is 9.96. The van der Waals surface area contributed by atoms with Crippen molar-refractivity contribution in [2.75, 3.05) is 13.1 Å². The van der Waals surface area contributed by atoms with E-state index in [-0.39, 0.29) is 30.5 Å². The smallest absolute Gasteiger partial charge is 0.276 e. The highest BCUT2D eigenvalue weighted by atomic mass is 32.2. The summed E-state index contributed by atoms with van der Waals surface area (Å²) in [4.78, 5) is 12.2. The van der Waals surface area contributed by atoms with E-state index in [4.69, 9.17) is 5.14 Å². The molecule has 0 aliphatic carbocycles. The predicted molar refractivity (Wildman–Crippen MR) is 80.3 cm³/mol. The number of carbonyl (C=O) groups is 1. The van der Waals surface area contributed by atoms with E-state index in [0.717, 1.165) is 22.5 Å². The average Bonchev–Trinajstić information content (AvgIpc) is 2.48. The highest BCUT2D eigenvalue weighted by molar-refractivity contribution is 7.86. The van der Waals surface area contributed by atoms with Crippen LogP contribution in [0.25, 0.3) is 0 Å². The summed E-state index contributed by atoms with van der Waals surface area (Å²) >= 11 is 0. The largest absolute Gasteiger partial charge is 0.349 e. The van der Waals surface area contributed by atoms with Crippen LogP contribution in [0.4, 0.5) is 8.78 Å². The molecule has 0 aromatic heterocycles. The SMILES string of the molecule is C[C@H](NC(=O)C1CCN(S(N)(=O)=O)CC1)c1cc(F)ccc1F. The van der Waals surface area contributed by atoms with Gasteiger partial charge >= 0.3 is 0 Å². The van der Waals surface area contributed by atoms with Gasteiger partial charge in [0.25, 0.3) is 10.2 Å². The van der Waals surface area contributed by atoms with Crippen LogP contribution in [0.2, 0.25) is 0 Å². The number of amides is 1. The number of hydrogen-bond acceptors (Lipinski definition) is 3. The van der Waals surface area contributed by atoms with Gasteiger partial charge in [0.2, 0.25) is 5.91 Å². The van der Waals surface area contributed by atoms with E-state index >= 15 is 0 Å². The van der Waals surface area contributed by atoms with Gasteiger partial charge < -0.3 is 5.32 Å². The second-order valence-electron chi connectivity index (χ2n) is 5.61. The van der Waals surface area contributed by atoms with Gasteiger partial charge in [0.1, 0.15) is 11.6 Å². The summed E-state index contributed by atoms with van der Waals surface area (Å²) in [6.45, 7) is 1.90. The number of rotatable bonds is 4. The summed E-state index contributed by atoms with van der Waals surface area (Å²) in [7, 11) is -3.74. The van der Waals surface area contributed by atoms with Crippen LogP contribution in [0, 0.1) is 17.6 Å². The minimum Gasteiger partial charge on any atom is -0.349 e. The van der Waals surface area contributed by atoms with Gasteiger partial charge in [-0.2, -0.15) is 12.7 Å². The van der Waals surface area contributed by atoms with Crippen molar-refractivity contribution < 1.29 is 22.0 Å². The number of carbonyl (C=O) groups excluding carboxylic acids is 1. The van der Waals surface area contributed by atoms with Crippen molar-refractivity contribution in [3.05, 3.63) is 35.4 Å². The van der Waals surface area contributed by atoms with Crippen molar-refractivity contribution >= 4 is 16.1 Å². The van der Waals surface area contributed by atoms with E-state index in [0.29, 0.717) is 12.8 Å². The van der Waals surface area contributed by atoms with E-state index in [9.17, 15) is 22.0 Å². The van der Waals surface area contributed by atoms with Gasteiger partial charge in [0, 0.05) is 24.6 Å². The monoisotopic (exact) mass is 347 g/mol. The first kappa shape index (κ1) is 17.8. The average molecular weight is 347 g/mol. The van der Waals surface area contributed by atoms with Gasteiger partial charge in [-0.1, -0.05) is 0 Å². The zero-order chi connectivity index (χ0) is 17.2. The number of halogens is 2. The second kappa shape index (κ2) is 6.90. The Morgan fingerprint density at radius 3 is 2.52 bits per heavy atom. The molecule has 23 heavy (non-hydrogen) atoms. The van der Waals surface area contributed by atoms with E-state index in [2.05, 4.69) is 5.32 Å². The molecule has 1 saturated heterocycles. The van der Waals surface area contributed by atoms with E-state index in [1.54, 1.807) is 6.92 Å². The summed E-state index contributed by atoms with van der Waals surface area (Å²) in [5.41, 5.74) is 0.0697. The standard InChI is InChI=1S/C14H19F2N3O3S/c1-9(12-8-11(15)2-3-13(12)16)18-14(20)10-4-6-19(7-5-10)23(17,21)22/h2-3,8-10H,4-7H2,1H3,(H,18,20)(H2,17,21,22)/t9-/m0/s1. The zero-order valence-corrected chi connectivity index (χ0v) is 13.4. The van der Waals surface area contributed by atoms with Gasteiger partial charge in [0.15, 0.2) is 0 Å². The summed E-state index contributed by atoms with van der Waals surface area (Å²) in [5.74, 6) is -1.87. The maximum absolute atomic E-state index is 13.7. The van der Waals surface area contributed by atoms with Crippen molar-refractivity contribution in [2.45, 2.75) is 25.8 Å². The van der Waals surface area contributed by atoms with Crippen molar-refractivity contribution in [1.29, 1.82) is 0 Å². The Morgan fingerprint density at radius 1 is 1.35 bits per heavy atom. The molecule has 1 aliphatic rings. The van der Waals surface area contributed by atoms with Crippen molar-refractivity contribution in [3.8, 4) is 0 Å². The van der Waals surface area contributed by atoms with Crippen LogP contribution >= 0.6 is 0 Å². The lowest BCUT2D eigenvalue weighted by molar-refractivity contribution is -0.126. The maximum atomic E-state index is 13.7. The fourth-order valence-electron chi connectivity index (χ4n) is 2.63. The van der Waals surface area contributed by atoms with Crippen LogP contribution in [0.3, 0.4) is 0 Å². The van der Waals surface area contributed by atoms with Crippen LogP contribution in [-0.4, -0.2) is 31.7 Å². The third kappa shape index (κ3) is 4.46. The van der Waals surface area contributed by atoms with E-state index in [1.165, 1.54) is 0 Å². The summed E-state index contributed by atoms with van der Waals surface area (Å²) in [6, 6.07) is 2.38. The Hall–Kier alpha value is -1.58. The molecule has 2 rings (SSSR count). The number of nitrogens with two attached hydrogens (primary N) is 1. The molecule has 0 bridgehead atoms. The van der Waals surface area contributed by atoms with Crippen molar-refractivity contribution in [2.24, 2.45) is 11.1 Å². The first-order valence-corrected chi connectivity index (χ1v) is 8.72. The van der Waals surface area contributed by atoms with Crippen molar-refractivity contribution in [3.63, 3.8) is 0 Å². The lowest BCUT2D eigenvalue weighted by Gasteiger charge is -2.29. The Labute approximate surface area is 133 Å². The molecule has 1 atom stereocenters. The lowest BCUT2D eigenvalue weighted by Crippen LogP contribution is -2.45. The molecule has 0 unspecified atom stereocenters. The van der Waals surface area contributed by atoms with Crippen LogP contribution in [0.15, 0.2) is 18.2 Å². The molecule has 1 aromatic carbocycles. The molecular weight excluding hydrogens is 328 g/mol. The molecular formula is C14H19F2N3O3S. The molecule has 0 saturated carbocycles. The van der Waals surface area contributed by atoms with Crippen LogP contribution in [0.1, 0.15) is 31.4 Å². The summed E-state index contributed by atoms with van der Waals surface area (Å²) < 4.78 is 50.5. The van der Waals surface area contributed by atoms with Gasteiger partial charge in [-0.15, -0.1) is 0 Å². The first-order valence-electron chi connectivity index (χ1n) is 7.21. The van der Waals surface area contributed by atoms with Crippen LogP contribution < -0.4 is 10.5 Å². The molecule has 3 N–H and O–H groups in total. The third-order valence-electron chi connectivity index (χ3n) is 3.97. The number of hydrogen-bond donors (Lipinski definition) is 2. The third-order valence-corrected chi connectivity index (χ3v) is 5.05. The Kier molecular flexibility index (Phi) is 5.33. The molecule has 1 aromatic rings. The number of nitrogens with zero attached hydrogens (tertiary/aromatic N) is 1. The predicted octanol–water partition coefficient (Wildman–Crippen LogP) is 1.06. The highest BCUT2D eigenvalue weighted by Gasteiger charge is 2.30. The van der Waals surface area contributed by atoms with Crippen LogP contribution in [0.5, 0.6) is 0 Å².